The number of phenols is 6. The summed E-state index contributed by atoms with van der Waals surface area (Å²) in [6, 6.07) is 17.7. The maximum absolute atomic E-state index is 13.7. The normalized spacial score (nSPS) is 11.7. The van der Waals surface area contributed by atoms with E-state index in [0.29, 0.717) is 109 Å². The first kappa shape index (κ1) is 124. The molecule has 0 aliphatic heterocycles. The number of nitrogens with zero attached hydrogens (tertiary/aromatic N) is 16. The Hall–Kier alpha value is -9.12. The van der Waals surface area contributed by atoms with Crippen LogP contribution in [0.5, 0.6) is 46.0 Å². The van der Waals surface area contributed by atoms with Crippen molar-refractivity contribution in [2.75, 3.05) is 12.5 Å². The molecule has 778 valence electrons. The Kier molecular flexibility index (Phi) is 46.3. The lowest BCUT2D eigenvalue weighted by Crippen LogP contribution is -2.27. The van der Waals surface area contributed by atoms with Crippen LogP contribution < -0.4 is 55.2 Å². The molecule has 19 rings (SSSR count). The van der Waals surface area contributed by atoms with E-state index in [1.165, 1.54) is 96.9 Å². The van der Waals surface area contributed by atoms with Crippen molar-refractivity contribution in [2.45, 2.75) is 119 Å². The van der Waals surface area contributed by atoms with Gasteiger partial charge in [0.05, 0.1) is 127 Å². The average Bonchev–Trinajstić information content (AvgIpc) is 1.72. The van der Waals surface area contributed by atoms with Gasteiger partial charge in [-0.05, 0) is 188 Å². The molecule has 53 heteroatoms. The number of phenolic OH excluding ortho intramolecular Hbond substituents is 6. The molecular formula is C93H87Br5Cl10F2I2N18O16. The van der Waals surface area contributed by atoms with Gasteiger partial charge in [-0.1, -0.05) is 157 Å². The highest BCUT2D eigenvalue weighted by molar-refractivity contribution is 14.1. The first-order valence-electron chi connectivity index (χ1n) is 42.6. The molecule has 2 aliphatic rings. The topological polar surface area (TPSA) is 464 Å². The molecule has 0 amide bonds. The van der Waals surface area contributed by atoms with Gasteiger partial charge in [0.2, 0.25) is 0 Å². The van der Waals surface area contributed by atoms with E-state index >= 15 is 0 Å². The molecule has 17 aromatic rings. The highest BCUT2D eigenvalue weighted by Gasteiger charge is 2.27. The molecule has 0 unspecified atom stereocenters. The standard InChI is InChI=1S/C14H7Cl2F2N3O2.C12H10Cl2N2O2.C12H12Cl2N2O2.C12H11IN2O2.C11H11Cl2N3O2.C11H10Cl2N2O2.C11H12N2O2.C10H9IN2O2.5BrH/c15-7-4-8(16)13(22)12-11(7)14(23)21(5-19-12)20-10-2-1-6(17)3-9(10)18;13-7-3-8(14)11(17)10-9(7)12(18)16(5-15-10)4-6-1-2-6;1-6(2)4-16-5-15-10-9(12(16)18)7(13)3-8(14)11(10)17;13-9-4-3-8-10(11(9)16)14-6-15(12(8)17)5-7-1-2-7;1-14-4-7-15-9-8(11(18)16(7)2)5(12)3-6(13)10(9)17;1-2-3-15-5-14-9-8(11(15)17)6(12)4-7(13)10(9)16;1-2-4-8-7-12-10-9(14)5-3-6-13(10)11(8)15;1-2-6-5-12-9-8(14)7(11)3-4-13(9)10(6)15;;;;;/h1-5,20,22H;3,5-6,17H,1-2,4H2;3,5-6,17H,4H2,1-2H3;3-4,6-7,16H,1-2,5H2;3,14,17H,4H2,1-2H3;4-5,16H,2-3H2,1H3;3,5-7,14H,2,4H2,1H3;3-5,14H,2H2,1H3;5*1H. The lowest BCUT2D eigenvalue weighted by Gasteiger charge is -2.12. The van der Waals surface area contributed by atoms with Gasteiger partial charge in [-0.15, -0.1) is 84.9 Å². The maximum atomic E-state index is 13.7. The van der Waals surface area contributed by atoms with Gasteiger partial charge in [-0.3, -0.25) is 75.4 Å². The van der Waals surface area contributed by atoms with E-state index in [9.17, 15) is 88.0 Å². The molecule has 0 atom stereocenters. The number of nitrogens with one attached hydrogen (secondary N) is 2. The molecule has 10 N–H and O–H groups in total. The van der Waals surface area contributed by atoms with Gasteiger partial charge in [0.1, 0.15) is 51.1 Å². The quantitative estimate of drug-likeness (QED) is 0.0426. The predicted molar refractivity (Wildman–Crippen MR) is 612 cm³/mol. The minimum absolute atomic E-state index is 0. The van der Waals surface area contributed by atoms with E-state index in [1.54, 1.807) is 72.4 Å². The molecule has 0 saturated heterocycles. The van der Waals surface area contributed by atoms with Crippen LogP contribution in [-0.2, 0) is 52.6 Å². The van der Waals surface area contributed by atoms with Crippen molar-refractivity contribution in [3.8, 4) is 46.0 Å². The summed E-state index contributed by atoms with van der Waals surface area (Å²) in [5.74, 6) is -0.731. The first-order chi connectivity index (χ1) is 66.9. The first-order valence-corrected chi connectivity index (χ1v) is 48.5. The molecule has 2 saturated carbocycles. The summed E-state index contributed by atoms with van der Waals surface area (Å²) in [6.45, 7) is 12.8. The largest absolute Gasteiger partial charge is 0.505 e. The molecule has 0 bridgehead atoms. The van der Waals surface area contributed by atoms with Gasteiger partial charge in [0, 0.05) is 75.2 Å². The number of aromatic nitrogens is 16. The number of hydrogen-bond donors (Lipinski definition) is 10. The van der Waals surface area contributed by atoms with Crippen LogP contribution in [0.25, 0.3) is 76.7 Å². The summed E-state index contributed by atoms with van der Waals surface area (Å²) >= 11 is 62.9. The van der Waals surface area contributed by atoms with Gasteiger partial charge >= 0.3 is 0 Å². The number of rotatable bonds is 15. The second-order valence-corrected chi connectivity index (χ2v) is 38.5. The van der Waals surface area contributed by atoms with Crippen molar-refractivity contribution in [2.24, 2.45) is 24.8 Å². The van der Waals surface area contributed by atoms with Crippen LogP contribution in [0.4, 0.5) is 14.5 Å². The monoisotopic (exact) mass is 2750 g/mol. The van der Waals surface area contributed by atoms with Gasteiger partial charge in [0.25, 0.3) is 44.5 Å². The molecule has 2 aliphatic carbocycles. The van der Waals surface area contributed by atoms with Crippen molar-refractivity contribution in [1.82, 2.24) is 81.5 Å². The number of fused-ring (bicyclic) bond motifs is 8. The molecule has 0 spiro atoms. The lowest BCUT2D eigenvalue weighted by molar-refractivity contribution is 0.472. The molecule has 7 aromatic carbocycles. The number of aryl methyl sites for hydroxylation is 3. The van der Waals surface area contributed by atoms with E-state index < -0.39 is 17.2 Å². The van der Waals surface area contributed by atoms with Crippen LogP contribution in [0.15, 0.2) is 174 Å². The fraction of sp³-hybridized carbons (Fsp3) is 0.247. The van der Waals surface area contributed by atoms with Crippen molar-refractivity contribution < 1.29 is 49.6 Å². The summed E-state index contributed by atoms with van der Waals surface area (Å²) in [5, 5.41) is 83.2. The molecule has 146 heavy (non-hydrogen) atoms. The van der Waals surface area contributed by atoms with Gasteiger partial charge in [-0.25, -0.2) is 53.3 Å². The molecular weight excluding hydrogens is 2670 g/mol. The zero-order chi connectivity index (χ0) is 103. The maximum Gasteiger partial charge on any atom is 0.281 e. The minimum atomic E-state index is -0.887. The number of benzene rings is 7. The third-order valence-electron chi connectivity index (χ3n) is 21.5. The van der Waals surface area contributed by atoms with Crippen molar-refractivity contribution >= 4 is 328 Å². The number of anilines is 1. The van der Waals surface area contributed by atoms with E-state index in [2.05, 4.69) is 50.6 Å². The highest BCUT2D eigenvalue weighted by atomic mass is 127. The van der Waals surface area contributed by atoms with Crippen LogP contribution in [0.3, 0.4) is 0 Å². The van der Waals surface area contributed by atoms with E-state index in [0.717, 1.165) is 55.4 Å². The SMILES string of the molecule is Br.Br.Br.Br.Br.CC(C)Cn1cnc2c(O)c(Cl)cc(Cl)c2c1=O.CCCc1cnc2c(O)cccn2c1=O.CCCn1cnc2c(O)c(Cl)cc(Cl)c2c1=O.CCc1cnc2c(O)c(I)ccn2c1=O.CNCc1nc2c(O)c(Cl)cc(Cl)c2c(=O)n1C.O=c1c2c(Cl)cc(Cl)c(O)c2ncn1CC1CC1.O=c1c2c(Cl)cc(Cl)c(O)c2ncn1Nc1ccc(F)cc1F.O=c1c2ccc(I)c(O)c2ncn1CC1CC1. The Bertz CT molecular complexity index is 8220. The number of aromatic hydroxyl groups is 8. The number of hydrogen-bond acceptors (Lipinski definition) is 26. The van der Waals surface area contributed by atoms with Crippen molar-refractivity contribution in [3.63, 3.8) is 0 Å². The summed E-state index contributed by atoms with van der Waals surface area (Å²) in [5.41, 5.74) is 3.08. The van der Waals surface area contributed by atoms with Gasteiger partial charge in [0.15, 0.2) is 63.1 Å². The van der Waals surface area contributed by atoms with Crippen LogP contribution in [-0.4, -0.2) is 124 Å². The van der Waals surface area contributed by atoms with Crippen LogP contribution in [0.1, 0.15) is 90.1 Å². The third-order valence-corrected chi connectivity index (χ3v) is 26.2. The lowest BCUT2D eigenvalue weighted by atomic mass is 10.2. The van der Waals surface area contributed by atoms with Crippen molar-refractivity contribution in [1.29, 1.82) is 0 Å². The second-order valence-electron chi connectivity index (χ2n) is 32.1. The minimum Gasteiger partial charge on any atom is -0.505 e. The zero-order valence-corrected chi connectivity index (χ0v) is 97.4. The predicted octanol–water partition coefficient (Wildman–Crippen LogP) is 21.9. The van der Waals surface area contributed by atoms with Gasteiger partial charge < -0.3 is 46.2 Å². The molecule has 10 heterocycles. The van der Waals surface area contributed by atoms with E-state index in [4.69, 9.17) is 116 Å². The van der Waals surface area contributed by atoms with E-state index in [1.807, 2.05) is 79.8 Å². The number of pyridine rings is 2. The smallest absolute Gasteiger partial charge is 0.281 e. The van der Waals surface area contributed by atoms with Crippen molar-refractivity contribution in [3.05, 3.63) is 304 Å². The fourth-order valence-electron chi connectivity index (χ4n) is 14.0. The van der Waals surface area contributed by atoms with Crippen LogP contribution in [0.2, 0.25) is 50.2 Å². The Morgan fingerprint density at radius 3 is 1.32 bits per heavy atom. The number of halogens is 19. The molecule has 0 radical (unpaired) electrons. The summed E-state index contributed by atoms with van der Waals surface area (Å²) < 4.78 is 39.1. The Morgan fingerprint density at radius 1 is 0.432 bits per heavy atom. The van der Waals surface area contributed by atoms with Crippen LogP contribution in [0, 0.1) is 36.5 Å². The Morgan fingerprint density at radius 2 is 0.849 bits per heavy atom. The fourth-order valence-corrected chi connectivity index (χ4v) is 17.5. The summed E-state index contributed by atoms with van der Waals surface area (Å²) in [7, 11) is 3.34. The van der Waals surface area contributed by atoms with Crippen LogP contribution >= 0.6 is 246 Å². The van der Waals surface area contributed by atoms with Gasteiger partial charge in [-0.2, -0.15) is 0 Å². The zero-order valence-electron chi connectivity index (χ0n) is 77.0. The summed E-state index contributed by atoms with van der Waals surface area (Å²) in [6.07, 6.45) is 20.9. The third kappa shape index (κ3) is 28.4. The Labute approximate surface area is 955 Å². The average molecular weight is 2760 g/mol. The highest BCUT2D eigenvalue weighted by Crippen LogP contribution is 2.41. The van der Waals surface area contributed by atoms with E-state index in [-0.39, 0.29) is 280 Å². The molecule has 34 nitrogen and oxygen atoms in total. The summed E-state index contributed by atoms with van der Waals surface area (Å²) in [4.78, 5) is 130. The Balaban J connectivity index is 0.000000226. The molecule has 2 fully saturated rings. The molecule has 10 aromatic heterocycles. The second kappa shape index (κ2) is 54.5.